The highest BCUT2D eigenvalue weighted by atomic mass is 32.2. The summed E-state index contributed by atoms with van der Waals surface area (Å²) in [5, 5.41) is 1.17. The molecule has 0 saturated carbocycles. The van der Waals surface area contributed by atoms with Crippen molar-refractivity contribution in [3.63, 3.8) is 0 Å². The molecule has 1 saturated heterocycles. The van der Waals surface area contributed by atoms with Crippen molar-refractivity contribution < 1.29 is 0 Å². The molecule has 2 aromatic heterocycles. The summed E-state index contributed by atoms with van der Waals surface area (Å²) in [6.45, 7) is 2.26. The second-order valence-electron chi connectivity index (χ2n) is 5.62. The summed E-state index contributed by atoms with van der Waals surface area (Å²) in [7, 11) is 0. The maximum atomic E-state index is 5.00. The van der Waals surface area contributed by atoms with E-state index in [9.17, 15) is 0 Å². The van der Waals surface area contributed by atoms with Gasteiger partial charge in [-0.3, -0.25) is 15.0 Å². The molecular weight excluding hydrogens is 292 g/mol. The number of fused-ring (bicyclic) bond motifs is 1. The van der Waals surface area contributed by atoms with Crippen LogP contribution in [0.3, 0.4) is 0 Å². The van der Waals surface area contributed by atoms with Gasteiger partial charge in [-0.05, 0) is 36.2 Å². The van der Waals surface area contributed by atoms with E-state index in [0.717, 1.165) is 17.9 Å². The average molecular weight is 310 g/mol. The van der Waals surface area contributed by atoms with Crippen molar-refractivity contribution in [3.05, 3.63) is 60.2 Å². The van der Waals surface area contributed by atoms with Crippen LogP contribution < -0.4 is 0 Å². The molecule has 0 aromatic carbocycles. The molecular formula is C17H18N4S. The fourth-order valence-electron chi connectivity index (χ4n) is 3.27. The molecule has 2 aromatic rings. The van der Waals surface area contributed by atoms with Crippen LogP contribution in [-0.4, -0.2) is 31.8 Å². The number of nitrogens with zero attached hydrogens (tertiary/aromatic N) is 4. The van der Waals surface area contributed by atoms with E-state index < -0.39 is 0 Å². The minimum absolute atomic E-state index is 0.0699. The van der Waals surface area contributed by atoms with Gasteiger partial charge in [-0.25, -0.2) is 0 Å². The first-order valence-corrected chi connectivity index (χ1v) is 8.67. The molecule has 4 rings (SSSR count). The molecule has 22 heavy (non-hydrogen) atoms. The molecule has 4 nitrogen and oxygen atoms in total. The largest absolute Gasteiger partial charge is 0.338 e. The summed E-state index contributed by atoms with van der Waals surface area (Å²) < 4.78 is 0. The third-order valence-corrected chi connectivity index (χ3v) is 5.50. The van der Waals surface area contributed by atoms with Gasteiger partial charge in [0.2, 0.25) is 0 Å². The van der Waals surface area contributed by atoms with Crippen LogP contribution in [0.15, 0.2) is 53.9 Å². The van der Waals surface area contributed by atoms with Crippen LogP contribution in [0.4, 0.5) is 0 Å². The van der Waals surface area contributed by atoms with Crippen molar-refractivity contribution in [2.45, 2.75) is 31.5 Å². The third-order valence-electron chi connectivity index (χ3n) is 4.38. The van der Waals surface area contributed by atoms with E-state index in [2.05, 4.69) is 40.0 Å². The fraction of sp³-hybridized carbons (Fsp3) is 0.353. The van der Waals surface area contributed by atoms with Gasteiger partial charge in [-0.15, -0.1) is 0 Å². The first-order valence-electron chi connectivity index (χ1n) is 7.68. The number of hydrogen-bond acceptors (Lipinski definition) is 5. The first kappa shape index (κ1) is 13.8. The second-order valence-corrected chi connectivity index (χ2v) is 6.60. The van der Waals surface area contributed by atoms with Crippen molar-refractivity contribution >= 4 is 16.9 Å². The van der Waals surface area contributed by atoms with Crippen LogP contribution in [0.25, 0.3) is 0 Å². The van der Waals surface area contributed by atoms with E-state index >= 15 is 0 Å². The highest BCUT2D eigenvalue weighted by Gasteiger charge is 2.45. The predicted molar refractivity (Wildman–Crippen MR) is 89.8 cm³/mol. The van der Waals surface area contributed by atoms with E-state index in [1.54, 1.807) is 0 Å². The van der Waals surface area contributed by atoms with Crippen LogP contribution in [0, 0.1) is 0 Å². The quantitative estimate of drug-likeness (QED) is 0.870. The fourth-order valence-corrected chi connectivity index (χ4v) is 4.61. The van der Waals surface area contributed by atoms with Gasteiger partial charge in [0, 0.05) is 30.4 Å². The summed E-state index contributed by atoms with van der Waals surface area (Å²) in [5.74, 6) is 1.13. The Balaban J connectivity index is 1.79. The van der Waals surface area contributed by atoms with Gasteiger partial charge in [-0.2, -0.15) is 0 Å². The lowest BCUT2D eigenvalue weighted by molar-refractivity contribution is 0.255. The topological polar surface area (TPSA) is 41.4 Å². The lowest BCUT2D eigenvalue weighted by Gasteiger charge is -2.31. The molecule has 1 fully saturated rings. The van der Waals surface area contributed by atoms with Crippen molar-refractivity contribution in [2.75, 3.05) is 5.75 Å². The smallest absolute Gasteiger partial charge is 0.160 e. The van der Waals surface area contributed by atoms with Crippen LogP contribution >= 0.6 is 11.8 Å². The molecule has 5 heteroatoms. The lowest BCUT2D eigenvalue weighted by Crippen LogP contribution is -2.35. The number of hydrogen-bond donors (Lipinski definition) is 0. The Kier molecular flexibility index (Phi) is 3.58. The highest BCUT2D eigenvalue weighted by Crippen LogP contribution is 2.48. The molecule has 112 valence electrons. The Hall–Kier alpha value is -1.88. The summed E-state index contributed by atoms with van der Waals surface area (Å²) in [6, 6.07) is 11.1. The zero-order chi connectivity index (χ0) is 14.9. The minimum atomic E-state index is 0.0699. The molecule has 0 radical (unpaired) electrons. The van der Waals surface area contributed by atoms with Crippen LogP contribution in [-0.2, 0) is 0 Å². The van der Waals surface area contributed by atoms with Gasteiger partial charge >= 0.3 is 0 Å². The zero-order valence-electron chi connectivity index (χ0n) is 12.5. The summed E-state index contributed by atoms with van der Waals surface area (Å²) in [6.07, 6.45) is 6.73. The Morgan fingerprint density at radius 2 is 2.05 bits per heavy atom. The van der Waals surface area contributed by atoms with Gasteiger partial charge in [0.25, 0.3) is 0 Å². The van der Waals surface area contributed by atoms with Gasteiger partial charge in [0.15, 0.2) is 5.17 Å². The molecule has 0 unspecified atom stereocenters. The standard InChI is InChI=1S/C17H18N4S/c1-2-13-11-22-17-20-15(14-5-3-4-8-19-14)16(21(13)17)12-6-9-18-10-7-12/h3-10,13,15-16H,2,11H2,1H3/t13-,15-,16+/m0/s1. The summed E-state index contributed by atoms with van der Waals surface area (Å²) >= 11 is 1.88. The van der Waals surface area contributed by atoms with E-state index in [1.165, 1.54) is 10.7 Å². The monoisotopic (exact) mass is 310 g/mol. The predicted octanol–water partition coefficient (Wildman–Crippen LogP) is 3.46. The first-order chi connectivity index (χ1) is 10.9. The molecule has 0 spiro atoms. The highest BCUT2D eigenvalue weighted by molar-refractivity contribution is 8.14. The third kappa shape index (κ3) is 2.20. The van der Waals surface area contributed by atoms with Crippen LogP contribution in [0.1, 0.15) is 36.7 Å². The van der Waals surface area contributed by atoms with E-state index in [4.69, 9.17) is 4.99 Å². The van der Waals surface area contributed by atoms with E-state index in [-0.39, 0.29) is 12.1 Å². The van der Waals surface area contributed by atoms with E-state index in [0.29, 0.717) is 6.04 Å². The molecule has 0 amide bonds. The normalized spacial score (nSPS) is 26.9. The number of aliphatic imine (C=N–C) groups is 1. The number of rotatable bonds is 3. The molecule has 0 N–H and O–H groups in total. The van der Waals surface area contributed by atoms with Crippen molar-refractivity contribution in [2.24, 2.45) is 4.99 Å². The van der Waals surface area contributed by atoms with Crippen LogP contribution in [0.5, 0.6) is 0 Å². The maximum Gasteiger partial charge on any atom is 0.160 e. The molecule has 0 bridgehead atoms. The number of thioether (sulfide) groups is 1. The Morgan fingerprint density at radius 1 is 1.18 bits per heavy atom. The van der Waals surface area contributed by atoms with E-state index in [1.807, 2.05) is 42.5 Å². The average Bonchev–Trinajstić information content (AvgIpc) is 3.15. The molecule has 3 atom stereocenters. The van der Waals surface area contributed by atoms with Crippen molar-refractivity contribution in [1.82, 2.24) is 14.9 Å². The summed E-state index contributed by atoms with van der Waals surface area (Å²) in [5.41, 5.74) is 2.31. The van der Waals surface area contributed by atoms with Crippen molar-refractivity contribution in [3.8, 4) is 0 Å². The van der Waals surface area contributed by atoms with Gasteiger partial charge in [0.1, 0.15) is 6.04 Å². The molecule has 2 aliphatic heterocycles. The number of amidine groups is 1. The van der Waals surface area contributed by atoms with Gasteiger partial charge in [-0.1, -0.05) is 24.8 Å². The lowest BCUT2D eigenvalue weighted by atomic mass is 9.96. The Morgan fingerprint density at radius 3 is 2.77 bits per heavy atom. The second kappa shape index (κ2) is 5.72. The molecule has 4 heterocycles. The SMILES string of the molecule is CC[C@H]1CSC2=N[C@@H](c3ccccn3)[C@@H](c3ccncc3)N21. The Labute approximate surface area is 134 Å². The maximum absolute atomic E-state index is 5.00. The molecule has 0 aliphatic carbocycles. The van der Waals surface area contributed by atoms with Crippen molar-refractivity contribution in [1.29, 1.82) is 0 Å². The molecule has 2 aliphatic rings. The Bertz CT molecular complexity index is 674. The summed E-state index contributed by atoms with van der Waals surface area (Å²) in [4.78, 5) is 16.2. The van der Waals surface area contributed by atoms with Crippen LogP contribution in [0.2, 0.25) is 0 Å². The van der Waals surface area contributed by atoms with Gasteiger partial charge < -0.3 is 4.90 Å². The van der Waals surface area contributed by atoms with Gasteiger partial charge in [0.05, 0.1) is 11.7 Å². The number of aromatic nitrogens is 2. The minimum Gasteiger partial charge on any atom is -0.338 e. The number of pyridine rings is 2. The zero-order valence-corrected chi connectivity index (χ0v) is 13.3.